The molecule has 168 valence electrons. The zero-order chi connectivity index (χ0) is 22.4. The molecule has 9 nitrogen and oxygen atoms in total. The van der Waals surface area contributed by atoms with Crippen molar-refractivity contribution in [1.29, 1.82) is 0 Å². The number of ether oxygens (including phenoxy) is 2. The standard InChI is InChI=1S/C22H29N3O6/c1-3-4-19(26)24(10-9-23-11-13-31-14-12-23)18-15-20(27)25(21(18)28)17-7-5-16(6-8-17)22(29)30-2/h5-8,18H,3-4,9-15H2,1-2H3. The third kappa shape index (κ3) is 5.29. The number of carbonyl (C=O) groups is 4. The van der Waals surface area contributed by atoms with E-state index >= 15 is 0 Å². The monoisotopic (exact) mass is 431 g/mol. The van der Waals surface area contributed by atoms with Gasteiger partial charge in [-0.15, -0.1) is 0 Å². The van der Waals surface area contributed by atoms with Gasteiger partial charge in [0.25, 0.3) is 5.91 Å². The first kappa shape index (κ1) is 22.9. The van der Waals surface area contributed by atoms with Crippen molar-refractivity contribution in [3.05, 3.63) is 29.8 Å². The van der Waals surface area contributed by atoms with Gasteiger partial charge < -0.3 is 14.4 Å². The largest absolute Gasteiger partial charge is 0.465 e. The Kier molecular flexibility index (Phi) is 7.75. The Morgan fingerprint density at radius 3 is 2.45 bits per heavy atom. The van der Waals surface area contributed by atoms with Crippen molar-refractivity contribution < 1.29 is 28.7 Å². The first-order chi connectivity index (χ1) is 15.0. The molecule has 2 saturated heterocycles. The van der Waals surface area contributed by atoms with E-state index in [0.29, 0.717) is 50.4 Å². The molecular formula is C22H29N3O6. The first-order valence-electron chi connectivity index (χ1n) is 10.6. The fourth-order valence-corrected chi connectivity index (χ4v) is 3.88. The molecule has 1 atom stereocenters. The van der Waals surface area contributed by atoms with E-state index in [4.69, 9.17) is 4.74 Å². The van der Waals surface area contributed by atoms with Crippen LogP contribution in [0.5, 0.6) is 0 Å². The summed E-state index contributed by atoms with van der Waals surface area (Å²) in [5.74, 6) is -1.39. The van der Waals surface area contributed by atoms with Crippen LogP contribution in [-0.2, 0) is 23.9 Å². The predicted molar refractivity (Wildman–Crippen MR) is 113 cm³/mol. The highest BCUT2D eigenvalue weighted by Gasteiger charge is 2.44. The molecule has 0 aromatic heterocycles. The van der Waals surface area contributed by atoms with Crippen molar-refractivity contribution in [2.45, 2.75) is 32.2 Å². The molecule has 0 spiro atoms. The van der Waals surface area contributed by atoms with E-state index in [-0.39, 0.29) is 18.2 Å². The van der Waals surface area contributed by atoms with E-state index in [1.807, 2.05) is 6.92 Å². The lowest BCUT2D eigenvalue weighted by Gasteiger charge is -2.32. The first-order valence-corrected chi connectivity index (χ1v) is 10.6. The summed E-state index contributed by atoms with van der Waals surface area (Å²) in [7, 11) is 1.28. The van der Waals surface area contributed by atoms with Gasteiger partial charge in [0, 0.05) is 32.6 Å². The fourth-order valence-electron chi connectivity index (χ4n) is 3.88. The molecule has 0 N–H and O–H groups in total. The molecule has 2 fully saturated rings. The topological polar surface area (TPSA) is 96.5 Å². The molecule has 31 heavy (non-hydrogen) atoms. The zero-order valence-electron chi connectivity index (χ0n) is 18.0. The third-order valence-electron chi connectivity index (χ3n) is 5.59. The SMILES string of the molecule is CCCC(=O)N(CCN1CCOCC1)C1CC(=O)N(c2ccc(C(=O)OC)cc2)C1=O. The summed E-state index contributed by atoms with van der Waals surface area (Å²) in [6.45, 7) is 5.80. The fraction of sp³-hybridized carbons (Fsp3) is 0.545. The predicted octanol–water partition coefficient (Wildman–Crippen LogP) is 1.07. The van der Waals surface area contributed by atoms with Crippen LogP contribution in [0, 0.1) is 0 Å². The molecule has 3 rings (SSSR count). The van der Waals surface area contributed by atoms with E-state index in [1.165, 1.54) is 31.4 Å². The van der Waals surface area contributed by atoms with Crippen LogP contribution in [0.4, 0.5) is 5.69 Å². The Labute approximate surface area is 181 Å². The van der Waals surface area contributed by atoms with Crippen LogP contribution in [0.2, 0.25) is 0 Å². The number of esters is 1. The van der Waals surface area contributed by atoms with Crippen LogP contribution in [0.15, 0.2) is 24.3 Å². The maximum atomic E-state index is 13.2. The van der Waals surface area contributed by atoms with Crippen LogP contribution >= 0.6 is 0 Å². The van der Waals surface area contributed by atoms with E-state index in [9.17, 15) is 19.2 Å². The quantitative estimate of drug-likeness (QED) is 0.449. The number of hydrogen-bond donors (Lipinski definition) is 0. The summed E-state index contributed by atoms with van der Waals surface area (Å²) in [6, 6.07) is 5.28. The summed E-state index contributed by atoms with van der Waals surface area (Å²) in [5, 5.41) is 0. The minimum Gasteiger partial charge on any atom is -0.465 e. The third-order valence-corrected chi connectivity index (χ3v) is 5.59. The minimum atomic E-state index is -0.812. The number of nitrogens with zero attached hydrogens (tertiary/aromatic N) is 3. The van der Waals surface area contributed by atoms with Crippen molar-refractivity contribution in [1.82, 2.24) is 9.80 Å². The average molecular weight is 431 g/mol. The van der Waals surface area contributed by atoms with Gasteiger partial charge in [0.2, 0.25) is 11.8 Å². The second-order valence-electron chi connectivity index (χ2n) is 7.62. The number of imide groups is 1. The van der Waals surface area contributed by atoms with Crippen molar-refractivity contribution in [3.63, 3.8) is 0 Å². The summed E-state index contributed by atoms with van der Waals surface area (Å²) < 4.78 is 10.0. The lowest BCUT2D eigenvalue weighted by Crippen LogP contribution is -2.49. The van der Waals surface area contributed by atoms with Crippen LogP contribution in [0.25, 0.3) is 0 Å². The Morgan fingerprint density at radius 1 is 1.16 bits per heavy atom. The number of hydrogen-bond acceptors (Lipinski definition) is 7. The van der Waals surface area contributed by atoms with Gasteiger partial charge in [-0.3, -0.25) is 19.3 Å². The normalized spacial score (nSPS) is 19.5. The highest BCUT2D eigenvalue weighted by atomic mass is 16.5. The summed E-state index contributed by atoms with van der Waals surface area (Å²) >= 11 is 0. The summed E-state index contributed by atoms with van der Waals surface area (Å²) in [5.41, 5.74) is 0.702. The second-order valence-corrected chi connectivity index (χ2v) is 7.62. The highest BCUT2D eigenvalue weighted by Crippen LogP contribution is 2.27. The summed E-state index contributed by atoms with van der Waals surface area (Å²) in [4.78, 5) is 55.2. The van der Waals surface area contributed by atoms with E-state index in [0.717, 1.165) is 18.0 Å². The van der Waals surface area contributed by atoms with Gasteiger partial charge in [0.05, 0.1) is 38.0 Å². The number of amides is 3. The molecule has 1 aromatic rings. The summed E-state index contributed by atoms with van der Waals surface area (Å²) in [6.07, 6.45) is 0.950. The molecule has 2 aliphatic rings. The molecule has 9 heteroatoms. The molecule has 0 radical (unpaired) electrons. The van der Waals surface area contributed by atoms with Gasteiger partial charge in [-0.1, -0.05) is 6.92 Å². The number of anilines is 1. The molecule has 1 unspecified atom stereocenters. The Morgan fingerprint density at radius 2 is 1.84 bits per heavy atom. The Balaban J connectivity index is 1.75. The van der Waals surface area contributed by atoms with Gasteiger partial charge in [-0.2, -0.15) is 0 Å². The minimum absolute atomic E-state index is 0.0455. The molecule has 3 amide bonds. The second kappa shape index (κ2) is 10.5. The molecule has 0 saturated carbocycles. The molecule has 2 heterocycles. The van der Waals surface area contributed by atoms with Crippen molar-refractivity contribution in [3.8, 4) is 0 Å². The van der Waals surface area contributed by atoms with Crippen molar-refractivity contribution in [2.24, 2.45) is 0 Å². The molecule has 2 aliphatic heterocycles. The van der Waals surface area contributed by atoms with Crippen LogP contribution in [0.3, 0.4) is 0 Å². The number of rotatable bonds is 8. The van der Waals surface area contributed by atoms with Crippen molar-refractivity contribution >= 4 is 29.4 Å². The van der Waals surface area contributed by atoms with Gasteiger partial charge in [-0.25, -0.2) is 9.69 Å². The van der Waals surface area contributed by atoms with Crippen LogP contribution < -0.4 is 4.90 Å². The van der Waals surface area contributed by atoms with Crippen LogP contribution in [0.1, 0.15) is 36.5 Å². The van der Waals surface area contributed by atoms with E-state index in [2.05, 4.69) is 9.64 Å². The Bertz CT molecular complexity index is 819. The van der Waals surface area contributed by atoms with Gasteiger partial charge >= 0.3 is 5.97 Å². The van der Waals surface area contributed by atoms with E-state index in [1.54, 1.807) is 4.90 Å². The van der Waals surface area contributed by atoms with Gasteiger partial charge in [0.15, 0.2) is 0 Å². The number of morpholine rings is 1. The molecular weight excluding hydrogens is 402 g/mol. The smallest absolute Gasteiger partial charge is 0.337 e. The Hall–Kier alpha value is -2.78. The van der Waals surface area contributed by atoms with Crippen molar-refractivity contribution in [2.75, 3.05) is 51.4 Å². The maximum absolute atomic E-state index is 13.2. The molecule has 0 bridgehead atoms. The van der Waals surface area contributed by atoms with Crippen LogP contribution in [-0.4, -0.2) is 86.0 Å². The maximum Gasteiger partial charge on any atom is 0.337 e. The lowest BCUT2D eigenvalue weighted by atomic mass is 10.1. The average Bonchev–Trinajstić information content (AvgIpc) is 3.08. The lowest BCUT2D eigenvalue weighted by molar-refractivity contribution is -0.138. The zero-order valence-corrected chi connectivity index (χ0v) is 18.0. The number of benzene rings is 1. The van der Waals surface area contributed by atoms with Gasteiger partial charge in [-0.05, 0) is 30.7 Å². The van der Waals surface area contributed by atoms with E-state index < -0.39 is 17.9 Å². The number of carbonyl (C=O) groups excluding carboxylic acids is 4. The molecule has 0 aliphatic carbocycles. The highest BCUT2D eigenvalue weighted by molar-refractivity contribution is 6.23. The number of methoxy groups -OCH3 is 1. The van der Waals surface area contributed by atoms with Gasteiger partial charge in [0.1, 0.15) is 6.04 Å². The molecule has 1 aromatic carbocycles.